The molecular formula is C20H29FN2O2. The van der Waals surface area contributed by atoms with E-state index in [1.54, 1.807) is 18.2 Å². The predicted octanol–water partition coefficient (Wildman–Crippen LogP) is 4.68. The minimum Gasteiger partial charge on any atom is -0.426 e. The Balaban J connectivity index is 2.08. The van der Waals surface area contributed by atoms with Crippen LogP contribution in [0.3, 0.4) is 0 Å². The predicted molar refractivity (Wildman–Crippen MR) is 99.5 cm³/mol. The fourth-order valence-electron chi connectivity index (χ4n) is 2.95. The van der Waals surface area contributed by atoms with Gasteiger partial charge < -0.3 is 14.6 Å². The van der Waals surface area contributed by atoms with E-state index in [-0.39, 0.29) is 11.9 Å². The number of fused-ring (bicyclic) bond motifs is 1. The molecule has 0 radical (unpaired) electrons. The Bertz CT molecular complexity index is 694. The minimum absolute atomic E-state index is 0.246. The van der Waals surface area contributed by atoms with Gasteiger partial charge in [0.2, 0.25) is 0 Å². The van der Waals surface area contributed by atoms with E-state index in [1.165, 1.54) is 12.8 Å². The monoisotopic (exact) mass is 348 g/mol. The highest BCUT2D eigenvalue weighted by Gasteiger charge is 2.17. The van der Waals surface area contributed by atoms with Gasteiger partial charge in [-0.2, -0.15) is 4.39 Å². The first-order valence-corrected chi connectivity index (χ1v) is 9.17. The Morgan fingerprint density at radius 1 is 1.20 bits per heavy atom. The first kappa shape index (κ1) is 19.4. The number of halogens is 1. The van der Waals surface area contributed by atoms with Crippen molar-refractivity contribution in [2.45, 2.75) is 51.9 Å². The Morgan fingerprint density at radius 3 is 2.68 bits per heavy atom. The maximum Gasteiger partial charge on any atom is 0.311 e. The van der Waals surface area contributed by atoms with Crippen molar-refractivity contribution >= 4 is 16.9 Å². The molecule has 25 heavy (non-hydrogen) atoms. The zero-order valence-corrected chi connectivity index (χ0v) is 15.5. The summed E-state index contributed by atoms with van der Waals surface area (Å²) in [5, 5.41) is 0.682. The molecule has 1 aromatic carbocycles. The number of hydrogen-bond acceptors (Lipinski definition) is 3. The molecule has 1 aromatic heterocycles. The average molecular weight is 348 g/mol. The van der Waals surface area contributed by atoms with Crippen LogP contribution in [0.4, 0.5) is 4.39 Å². The average Bonchev–Trinajstić information content (AvgIpc) is 2.89. The number of carbonyl (C=O) groups excluding carboxylic acids is 1. The summed E-state index contributed by atoms with van der Waals surface area (Å²) in [7, 11) is 3.90. The van der Waals surface area contributed by atoms with Gasteiger partial charge in [0.1, 0.15) is 5.75 Å². The number of nitrogens with one attached hydrogen (secondary N) is 1. The summed E-state index contributed by atoms with van der Waals surface area (Å²) in [6.07, 6.45) is 6.37. The molecule has 2 rings (SSSR count). The van der Waals surface area contributed by atoms with Gasteiger partial charge in [-0.1, -0.05) is 38.7 Å². The molecule has 2 aromatic rings. The van der Waals surface area contributed by atoms with Crippen LogP contribution < -0.4 is 4.74 Å². The summed E-state index contributed by atoms with van der Waals surface area (Å²) < 4.78 is 19.8. The second-order valence-corrected chi connectivity index (χ2v) is 6.79. The van der Waals surface area contributed by atoms with Crippen molar-refractivity contribution in [3.63, 3.8) is 0 Å². The smallest absolute Gasteiger partial charge is 0.311 e. The number of esters is 1. The molecule has 0 bridgehead atoms. The molecule has 0 amide bonds. The normalized spacial score (nSPS) is 11.4. The molecule has 0 atom stereocenters. The zero-order valence-electron chi connectivity index (χ0n) is 15.5. The zero-order chi connectivity index (χ0) is 18.2. The molecule has 5 heteroatoms. The lowest BCUT2D eigenvalue weighted by atomic mass is 10.1. The number of carbonyl (C=O) groups is 1. The van der Waals surface area contributed by atoms with Gasteiger partial charge >= 0.3 is 5.97 Å². The van der Waals surface area contributed by atoms with Crippen molar-refractivity contribution in [1.29, 1.82) is 0 Å². The van der Waals surface area contributed by atoms with Crippen LogP contribution in [0.1, 0.15) is 51.0 Å². The second kappa shape index (κ2) is 9.56. The van der Waals surface area contributed by atoms with Gasteiger partial charge in [-0.3, -0.25) is 4.79 Å². The molecule has 0 saturated carbocycles. The van der Waals surface area contributed by atoms with Crippen LogP contribution in [0.2, 0.25) is 0 Å². The lowest BCUT2D eigenvalue weighted by Gasteiger charge is -2.10. The van der Waals surface area contributed by atoms with Gasteiger partial charge in [-0.15, -0.1) is 0 Å². The quantitative estimate of drug-likeness (QED) is 0.385. The van der Waals surface area contributed by atoms with Crippen molar-refractivity contribution in [3.8, 4) is 5.75 Å². The molecule has 1 heterocycles. The molecule has 0 saturated heterocycles. The van der Waals surface area contributed by atoms with Crippen LogP contribution in [0.15, 0.2) is 18.2 Å². The van der Waals surface area contributed by atoms with E-state index >= 15 is 0 Å². The lowest BCUT2D eigenvalue weighted by molar-refractivity contribution is -0.134. The van der Waals surface area contributed by atoms with E-state index in [4.69, 9.17) is 4.74 Å². The van der Waals surface area contributed by atoms with Gasteiger partial charge in [-0.05, 0) is 39.1 Å². The molecule has 0 fully saturated rings. The summed E-state index contributed by atoms with van der Waals surface area (Å²) in [4.78, 5) is 16.9. The number of unbranched alkanes of at least 4 members (excludes halogenated alkanes) is 4. The first-order valence-electron chi connectivity index (χ1n) is 9.17. The van der Waals surface area contributed by atoms with Crippen molar-refractivity contribution in [3.05, 3.63) is 29.7 Å². The van der Waals surface area contributed by atoms with E-state index in [0.29, 0.717) is 35.1 Å². The SMILES string of the molecule is CCCCCCCC(=O)Oc1cccc2[nH]c(F)c(CCN(C)C)c12. The van der Waals surface area contributed by atoms with Gasteiger partial charge in [-0.25, -0.2) is 0 Å². The standard InChI is InChI=1S/C20H29FN2O2/c1-4-5-6-7-8-12-18(24)25-17-11-9-10-16-19(17)15(20(21)22-16)13-14-23(2)3/h9-11,22H,4-8,12-14H2,1-3H3. The summed E-state index contributed by atoms with van der Waals surface area (Å²) in [6.45, 7) is 2.89. The highest BCUT2D eigenvalue weighted by Crippen LogP contribution is 2.31. The third kappa shape index (κ3) is 5.56. The molecule has 0 unspecified atom stereocenters. The van der Waals surface area contributed by atoms with Crippen LogP contribution in [-0.2, 0) is 11.2 Å². The maximum absolute atomic E-state index is 14.3. The van der Waals surface area contributed by atoms with E-state index < -0.39 is 0 Å². The van der Waals surface area contributed by atoms with E-state index in [2.05, 4.69) is 11.9 Å². The van der Waals surface area contributed by atoms with Crippen molar-refractivity contribution in [2.75, 3.05) is 20.6 Å². The molecule has 1 N–H and O–H groups in total. The Labute approximate surface area is 149 Å². The van der Waals surface area contributed by atoms with E-state index in [0.717, 1.165) is 25.8 Å². The van der Waals surface area contributed by atoms with Crippen LogP contribution in [-0.4, -0.2) is 36.5 Å². The summed E-state index contributed by atoms with van der Waals surface area (Å²) in [5.41, 5.74) is 1.24. The third-order valence-corrected chi connectivity index (χ3v) is 4.35. The molecule has 0 aliphatic rings. The topological polar surface area (TPSA) is 45.3 Å². The fraction of sp³-hybridized carbons (Fsp3) is 0.550. The lowest BCUT2D eigenvalue weighted by Crippen LogP contribution is -2.15. The van der Waals surface area contributed by atoms with Crippen LogP contribution in [0.5, 0.6) is 5.75 Å². The van der Waals surface area contributed by atoms with E-state index in [9.17, 15) is 9.18 Å². The van der Waals surface area contributed by atoms with E-state index in [1.807, 2.05) is 19.0 Å². The largest absolute Gasteiger partial charge is 0.426 e. The number of hydrogen-bond donors (Lipinski definition) is 1. The summed E-state index contributed by atoms with van der Waals surface area (Å²) in [5.74, 6) is -0.144. The molecule has 0 spiro atoms. The van der Waals surface area contributed by atoms with Crippen LogP contribution >= 0.6 is 0 Å². The number of aromatic nitrogens is 1. The number of likely N-dealkylation sites (N-methyl/N-ethyl adjacent to an activating group) is 1. The maximum atomic E-state index is 14.3. The van der Waals surface area contributed by atoms with Gasteiger partial charge in [0.25, 0.3) is 0 Å². The van der Waals surface area contributed by atoms with Crippen molar-refractivity contribution < 1.29 is 13.9 Å². The number of benzene rings is 1. The Morgan fingerprint density at radius 2 is 1.96 bits per heavy atom. The third-order valence-electron chi connectivity index (χ3n) is 4.35. The highest BCUT2D eigenvalue weighted by molar-refractivity contribution is 5.91. The number of H-pyrrole nitrogens is 1. The van der Waals surface area contributed by atoms with Gasteiger partial charge in [0.05, 0.1) is 5.52 Å². The molecule has 138 valence electrons. The number of aromatic amines is 1. The summed E-state index contributed by atoms with van der Waals surface area (Å²) >= 11 is 0. The molecule has 0 aliphatic heterocycles. The highest BCUT2D eigenvalue weighted by atomic mass is 19.1. The van der Waals surface area contributed by atoms with Gasteiger partial charge in [0.15, 0.2) is 5.95 Å². The fourth-order valence-corrected chi connectivity index (χ4v) is 2.95. The first-order chi connectivity index (χ1) is 12.0. The molecule has 4 nitrogen and oxygen atoms in total. The molecular weight excluding hydrogens is 319 g/mol. The summed E-state index contributed by atoms with van der Waals surface area (Å²) in [6, 6.07) is 5.32. The van der Waals surface area contributed by atoms with Crippen LogP contribution in [0, 0.1) is 5.95 Å². The minimum atomic E-state index is -0.347. The number of ether oxygens (including phenoxy) is 1. The van der Waals surface area contributed by atoms with Gasteiger partial charge in [0, 0.05) is 23.9 Å². The second-order valence-electron chi connectivity index (χ2n) is 6.79. The Hall–Kier alpha value is -1.88. The van der Waals surface area contributed by atoms with Crippen LogP contribution in [0.25, 0.3) is 10.9 Å². The number of nitrogens with zero attached hydrogens (tertiary/aromatic N) is 1. The van der Waals surface area contributed by atoms with Crippen molar-refractivity contribution in [1.82, 2.24) is 9.88 Å². The Kier molecular flexibility index (Phi) is 7.44. The van der Waals surface area contributed by atoms with Crippen molar-refractivity contribution in [2.24, 2.45) is 0 Å². The molecule has 0 aliphatic carbocycles. The number of rotatable bonds is 10.